The summed E-state index contributed by atoms with van der Waals surface area (Å²) in [7, 11) is -3.56. The molecule has 0 amide bonds. The average Bonchev–Trinajstić information content (AvgIpc) is 2.28. The van der Waals surface area contributed by atoms with Crippen molar-refractivity contribution in [3.8, 4) is 0 Å². The molecule has 0 saturated heterocycles. The predicted octanol–water partition coefficient (Wildman–Crippen LogP) is 2.40. The zero-order chi connectivity index (χ0) is 13.3. The number of halogens is 2. The largest absolute Gasteiger partial charge is 0.386 e. The van der Waals surface area contributed by atoms with E-state index in [1.165, 1.54) is 32.0 Å². The fourth-order valence-electron chi connectivity index (χ4n) is 1.43. The summed E-state index contributed by atoms with van der Waals surface area (Å²) in [6, 6.07) is 5.57. The summed E-state index contributed by atoms with van der Waals surface area (Å²) in [4.78, 5) is 0. The lowest BCUT2D eigenvalue weighted by atomic mass is 10.1. The maximum absolute atomic E-state index is 13.5. The second-order valence-electron chi connectivity index (χ2n) is 3.81. The Balaban J connectivity index is 3.23. The molecule has 2 atom stereocenters. The number of aliphatic hydroxyl groups excluding tert-OH is 1. The van der Waals surface area contributed by atoms with E-state index < -0.39 is 25.4 Å². The molecule has 96 valence electrons. The Morgan fingerprint density at radius 3 is 2.47 bits per heavy atom. The van der Waals surface area contributed by atoms with Crippen LogP contribution in [0.2, 0.25) is 0 Å². The summed E-state index contributed by atoms with van der Waals surface area (Å²) in [6.07, 6.45) is -1.46. The molecule has 0 aliphatic carbocycles. The van der Waals surface area contributed by atoms with E-state index in [1.807, 2.05) is 0 Å². The average molecular weight is 325 g/mol. The minimum Gasteiger partial charge on any atom is -0.386 e. The Morgan fingerprint density at radius 2 is 2.00 bits per heavy atom. The van der Waals surface area contributed by atoms with Crippen LogP contribution in [0.15, 0.2) is 24.3 Å². The lowest BCUT2D eigenvalue weighted by Crippen LogP contribution is -2.37. The molecule has 0 unspecified atom stereocenters. The second kappa shape index (κ2) is 5.04. The summed E-state index contributed by atoms with van der Waals surface area (Å²) >= 11 is 3.00. The second-order valence-corrected chi connectivity index (χ2v) is 8.64. The minimum atomic E-state index is -3.56. The smallest absolute Gasteiger partial charge is 0.168 e. The van der Waals surface area contributed by atoms with E-state index in [-0.39, 0.29) is 11.3 Å². The van der Waals surface area contributed by atoms with Crippen LogP contribution in [-0.2, 0) is 9.84 Å². The standard InChI is InChI=1S/C11H14BrFO3S/c1-3-17(15,16)11(2,12)10(14)8-6-4-5-7-9(8)13/h4-7,10,14H,3H2,1-2H3/t10-,11-/m1/s1. The van der Waals surface area contributed by atoms with Crippen molar-refractivity contribution in [1.29, 1.82) is 0 Å². The van der Waals surface area contributed by atoms with E-state index in [4.69, 9.17) is 0 Å². The number of benzene rings is 1. The predicted molar refractivity (Wildman–Crippen MR) is 68.2 cm³/mol. The van der Waals surface area contributed by atoms with Gasteiger partial charge in [0.2, 0.25) is 0 Å². The fraction of sp³-hybridized carbons (Fsp3) is 0.455. The third kappa shape index (κ3) is 2.69. The van der Waals surface area contributed by atoms with Crippen LogP contribution in [0.3, 0.4) is 0 Å². The molecule has 0 saturated carbocycles. The molecule has 0 fully saturated rings. The first-order valence-electron chi connectivity index (χ1n) is 5.07. The van der Waals surface area contributed by atoms with Crippen LogP contribution in [0.1, 0.15) is 25.5 Å². The van der Waals surface area contributed by atoms with Crippen LogP contribution in [0.25, 0.3) is 0 Å². The van der Waals surface area contributed by atoms with Gasteiger partial charge in [-0.05, 0) is 13.0 Å². The normalized spacial score (nSPS) is 17.5. The lowest BCUT2D eigenvalue weighted by molar-refractivity contribution is 0.163. The molecule has 17 heavy (non-hydrogen) atoms. The molecular weight excluding hydrogens is 311 g/mol. The summed E-state index contributed by atoms with van der Waals surface area (Å²) in [5, 5.41) is 10.0. The summed E-state index contributed by atoms with van der Waals surface area (Å²) in [5.74, 6) is -0.766. The number of hydrogen-bond donors (Lipinski definition) is 1. The molecule has 3 nitrogen and oxygen atoms in total. The highest BCUT2D eigenvalue weighted by atomic mass is 79.9. The van der Waals surface area contributed by atoms with E-state index in [1.54, 1.807) is 6.07 Å². The van der Waals surface area contributed by atoms with E-state index in [2.05, 4.69) is 15.9 Å². The molecule has 1 rings (SSSR count). The lowest BCUT2D eigenvalue weighted by Gasteiger charge is -2.28. The van der Waals surface area contributed by atoms with Gasteiger partial charge in [0.25, 0.3) is 0 Å². The first-order valence-corrected chi connectivity index (χ1v) is 7.52. The Morgan fingerprint density at radius 1 is 1.47 bits per heavy atom. The molecule has 0 radical (unpaired) electrons. The molecule has 1 aromatic rings. The van der Waals surface area contributed by atoms with Gasteiger partial charge in [0.05, 0.1) is 0 Å². The van der Waals surface area contributed by atoms with Gasteiger partial charge in [0, 0.05) is 11.3 Å². The molecule has 1 N–H and O–H groups in total. The van der Waals surface area contributed by atoms with E-state index in [0.29, 0.717) is 0 Å². The quantitative estimate of drug-likeness (QED) is 0.865. The van der Waals surface area contributed by atoms with Gasteiger partial charge in [0.1, 0.15) is 11.9 Å². The monoisotopic (exact) mass is 324 g/mol. The first kappa shape index (κ1) is 14.6. The van der Waals surface area contributed by atoms with Gasteiger partial charge < -0.3 is 5.11 Å². The number of sulfone groups is 1. The van der Waals surface area contributed by atoms with Crippen molar-refractivity contribution >= 4 is 25.8 Å². The van der Waals surface area contributed by atoms with Gasteiger partial charge in [-0.2, -0.15) is 0 Å². The first-order chi connectivity index (χ1) is 7.74. The van der Waals surface area contributed by atoms with Gasteiger partial charge in [-0.1, -0.05) is 41.1 Å². The molecule has 0 aliphatic heterocycles. The van der Waals surface area contributed by atoms with Gasteiger partial charge in [0.15, 0.2) is 13.5 Å². The topological polar surface area (TPSA) is 54.4 Å². The van der Waals surface area contributed by atoms with Gasteiger partial charge >= 0.3 is 0 Å². The SMILES string of the molecule is CCS(=O)(=O)[C@@](C)(Br)[C@H](O)c1ccccc1F. The van der Waals surface area contributed by atoms with Gasteiger partial charge in [-0.3, -0.25) is 0 Å². The minimum absolute atomic E-state index is 0.0381. The number of alkyl halides is 1. The van der Waals surface area contributed by atoms with E-state index in [9.17, 15) is 17.9 Å². The van der Waals surface area contributed by atoms with Crippen LogP contribution >= 0.6 is 15.9 Å². The number of hydrogen-bond acceptors (Lipinski definition) is 3. The maximum atomic E-state index is 13.5. The van der Waals surface area contributed by atoms with Crippen LogP contribution in [0, 0.1) is 5.82 Å². The van der Waals surface area contributed by atoms with Crippen molar-refractivity contribution in [1.82, 2.24) is 0 Å². The highest BCUT2D eigenvalue weighted by molar-refractivity contribution is 9.11. The molecule has 0 heterocycles. The van der Waals surface area contributed by atoms with Crippen molar-refractivity contribution < 1.29 is 17.9 Å². The highest BCUT2D eigenvalue weighted by Crippen LogP contribution is 2.39. The van der Waals surface area contributed by atoms with Gasteiger partial charge in [-0.25, -0.2) is 12.8 Å². The molecule has 0 spiro atoms. The molecule has 0 aromatic heterocycles. The highest BCUT2D eigenvalue weighted by Gasteiger charge is 2.43. The van der Waals surface area contributed by atoms with Crippen LogP contribution < -0.4 is 0 Å². The Bertz CT molecular complexity index is 499. The molecule has 6 heteroatoms. The van der Waals surface area contributed by atoms with Crippen LogP contribution in [0.5, 0.6) is 0 Å². The maximum Gasteiger partial charge on any atom is 0.168 e. The molecule has 0 aliphatic rings. The Labute approximate surface area is 109 Å². The van der Waals surface area contributed by atoms with E-state index >= 15 is 0 Å². The van der Waals surface area contributed by atoms with Crippen molar-refractivity contribution in [3.05, 3.63) is 35.6 Å². The van der Waals surface area contributed by atoms with E-state index in [0.717, 1.165) is 0 Å². The summed E-state index contributed by atoms with van der Waals surface area (Å²) in [5.41, 5.74) is -0.0381. The van der Waals surface area contributed by atoms with Crippen LogP contribution in [0.4, 0.5) is 4.39 Å². The third-order valence-corrected chi connectivity index (χ3v) is 6.79. The zero-order valence-electron chi connectivity index (χ0n) is 9.52. The Hall–Kier alpha value is -0.460. The van der Waals surface area contributed by atoms with Crippen molar-refractivity contribution in [2.75, 3.05) is 5.75 Å². The van der Waals surface area contributed by atoms with Crippen LogP contribution in [-0.4, -0.2) is 22.9 Å². The fourth-order valence-corrected chi connectivity index (χ4v) is 3.39. The number of rotatable bonds is 4. The van der Waals surface area contributed by atoms with Gasteiger partial charge in [-0.15, -0.1) is 0 Å². The van der Waals surface area contributed by atoms with Crippen molar-refractivity contribution in [2.45, 2.75) is 23.6 Å². The molecule has 1 aromatic carbocycles. The third-order valence-electron chi connectivity index (χ3n) is 2.68. The number of aliphatic hydroxyl groups is 1. The molecule has 0 bridgehead atoms. The zero-order valence-corrected chi connectivity index (χ0v) is 11.9. The Kier molecular flexibility index (Phi) is 4.33. The van der Waals surface area contributed by atoms with Crippen molar-refractivity contribution in [2.24, 2.45) is 0 Å². The summed E-state index contributed by atoms with van der Waals surface area (Å²) < 4.78 is 35.5. The molecular formula is C11H14BrFO3S. The van der Waals surface area contributed by atoms with Crippen molar-refractivity contribution in [3.63, 3.8) is 0 Å². The summed E-state index contributed by atoms with van der Waals surface area (Å²) in [6.45, 7) is 2.80.